The highest BCUT2D eigenvalue weighted by atomic mass is 16.4. The average Bonchev–Trinajstić information content (AvgIpc) is 3.35. The van der Waals surface area contributed by atoms with Crippen molar-refractivity contribution in [1.82, 2.24) is 25.9 Å². The van der Waals surface area contributed by atoms with Crippen molar-refractivity contribution in [2.45, 2.75) is 57.3 Å². The van der Waals surface area contributed by atoms with E-state index >= 15 is 0 Å². The van der Waals surface area contributed by atoms with Crippen molar-refractivity contribution in [2.75, 3.05) is 0 Å². The maximum absolute atomic E-state index is 13.0. The van der Waals surface area contributed by atoms with Crippen LogP contribution in [0, 0.1) is 5.92 Å². The molecule has 14 heteroatoms. The number of phenolic OH excluding ortho intramolecular Hbond substituents is 1. The monoisotopic (exact) mass is 531 g/mol. The zero-order chi connectivity index (χ0) is 28.4. The molecule has 2 aromatic rings. The number of H-pyrrole nitrogens is 1. The van der Waals surface area contributed by atoms with Gasteiger partial charge in [0, 0.05) is 18.3 Å². The van der Waals surface area contributed by atoms with Crippen molar-refractivity contribution in [2.24, 2.45) is 17.4 Å². The lowest BCUT2D eigenvalue weighted by Crippen LogP contribution is -2.59. The summed E-state index contributed by atoms with van der Waals surface area (Å²) < 4.78 is 0. The smallest absolute Gasteiger partial charge is 0.326 e. The van der Waals surface area contributed by atoms with Crippen molar-refractivity contribution >= 4 is 29.6 Å². The van der Waals surface area contributed by atoms with Crippen LogP contribution in [0.3, 0.4) is 0 Å². The number of carboxylic acids is 1. The molecule has 1 aromatic carbocycles. The van der Waals surface area contributed by atoms with Gasteiger partial charge in [-0.1, -0.05) is 26.0 Å². The van der Waals surface area contributed by atoms with E-state index in [1.165, 1.54) is 24.7 Å². The summed E-state index contributed by atoms with van der Waals surface area (Å²) in [6.45, 7) is 3.26. The molecule has 4 unspecified atom stereocenters. The number of aromatic amines is 1. The van der Waals surface area contributed by atoms with Gasteiger partial charge in [-0.15, -0.1) is 0 Å². The molecule has 0 spiro atoms. The number of carbonyl (C=O) groups excluding carboxylic acids is 4. The number of amides is 4. The fourth-order valence-electron chi connectivity index (χ4n) is 3.53. The molecule has 4 atom stereocenters. The van der Waals surface area contributed by atoms with Crippen molar-refractivity contribution in [3.8, 4) is 5.75 Å². The molecular formula is C24H33N7O7. The Kier molecular flexibility index (Phi) is 10.8. The van der Waals surface area contributed by atoms with Crippen LogP contribution in [0.5, 0.6) is 5.75 Å². The second-order valence-corrected chi connectivity index (χ2v) is 9.12. The summed E-state index contributed by atoms with van der Waals surface area (Å²) in [7, 11) is 0. The Morgan fingerprint density at radius 1 is 0.947 bits per heavy atom. The minimum atomic E-state index is -1.43. The summed E-state index contributed by atoms with van der Waals surface area (Å²) in [5, 5.41) is 26.2. The number of primary amides is 1. The van der Waals surface area contributed by atoms with Gasteiger partial charge in [-0.2, -0.15) is 0 Å². The molecule has 0 bridgehead atoms. The molecule has 0 saturated heterocycles. The second kappa shape index (κ2) is 13.7. The van der Waals surface area contributed by atoms with Crippen LogP contribution in [0.1, 0.15) is 31.5 Å². The number of aromatic hydroxyl groups is 1. The third-order valence-electron chi connectivity index (χ3n) is 5.61. The molecule has 0 saturated carbocycles. The lowest BCUT2D eigenvalue weighted by molar-refractivity contribution is -0.142. The number of carboxylic acid groups (broad SMARTS) is 1. The van der Waals surface area contributed by atoms with Gasteiger partial charge in [-0.3, -0.25) is 19.2 Å². The SMILES string of the molecule is CC(C)C(NC(=O)C(CC(N)=O)NC(=O)C(N)Cc1ccc(O)cc1)C(=O)NC(Cc1cnc[nH]1)C(=O)O. The van der Waals surface area contributed by atoms with Crippen LogP contribution in [0.4, 0.5) is 0 Å². The fraction of sp³-hybridized carbons (Fsp3) is 0.417. The van der Waals surface area contributed by atoms with Crippen LogP contribution in [-0.2, 0) is 36.8 Å². The summed E-state index contributed by atoms with van der Waals surface area (Å²) in [6.07, 6.45) is 2.25. The molecule has 0 aliphatic heterocycles. The lowest BCUT2D eigenvalue weighted by Gasteiger charge is -2.26. The zero-order valence-electron chi connectivity index (χ0n) is 21.0. The zero-order valence-corrected chi connectivity index (χ0v) is 21.0. The molecule has 10 N–H and O–H groups in total. The molecule has 0 aliphatic rings. The van der Waals surface area contributed by atoms with E-state index in [0.29, 0.717) is 11.3 Å². The van der Waals surface area contributed by atoms with Crippen molar-refractivity contribution in [3.63, 3.8) is 0 Å². The molecule has 38 heavy (non-hydrogen) atoms. The van der Waals surface area contributed by atoms with E-state index in [4.69, 9.17) is 11.5 Å². The molecule has 0 fully saturated rings. The Labute approximate surface area is 218 Å². The van der Waals surface area contributed by atoms with Gasteiger partial charge >= 0.3 is 5.97 Å². The normalized spacial score (nSPS) is 14.1. The number of carbonyl (C=O) groups is 5. The Hall–Kier alpha value is -4.46. The highest BCUT2D eigenvalue weighted by molar-refractivity contribution is 5.96. The van der Waals surface area contributed by atoms with E-state index in [2.05, 4.69) is 25.9 Å². The van der Waals surface area contributed by atoms with Crippen molar-refractivity contribution < 1.29 is 34.2 Å². The third kappa shape index (κ3) is 9.20. The first-order chi connectivity index (χ1) is 17.9. The second-order valence-electron chi connectivity index (χ2n) is 9.12. The number of hydrogen-bond acceptors (Lipinski definition) is 8. The minimum absolute atomic E-state index is 0.0460. The summed E-state index contributed by atoms with van der Waals surface area (Å²) in [6, 6.07) is 1.02. The molecule has 1 aromatic heterocycles. The maximum Gasteiger partial charge on any atom is 0.326 e. The first kappa shape index (κ1) is 29.8. The summed E-state index contributed by atoms with van der Waals surface area (Å²) in [5.74, 6) is -4.99. The molecular weight excluding hydrogens is 498 g/mol. The minimum Gasteiger partial charge on any atom is -0.508 e. The number of aliphatic carboxylic acids is 1. The fourth-order valence-corrected chi connectivity index (χ4v) is 3.53. The van der Waals surface area contributed by atoms with Crippen LogP contribution >= 0.6 is 0 Å². The van der Waals surface area contributed by atoms with Gasteiger partial charge in [0.05, 0.1) is 18.8 Å². The van der Waals surface area contributed by atoms with Gasteiger partial charge in [-0.25, -0.2) is 9.78 Å². The van der Waals surface area contributed by atoms with Crippen LogP contribution in [0.25, 0.3) is 0 Å². The van der Waals surface area contributed by atoms with Gasteiger partial charge in [0.15, 0.2) is 0 Å². The van der Waals surface area contributed by atoms with E-state index in [1.54, 1.807) is 26.0 Å². The molecule has 0 radical (unpaired) electrons. The van der Waals surface area contributed by atoms with E-state index in [9.17, 15) is 34.2 Å². The van der Waals surface area contributed by atoms with Crippen molar-refractivity contribution in [3.05, 3.63) is 48.0 Å². The van der Waals surface area contributed by atoms with Gasteiger partial charge in [-0.05, 0) is 30.0 Å². The molecule has 206 valence electrons. The predicted octanol–water partition coefficient (Wildman–Crippen LogP) is -1.70. The average molecular weight is 532 g/mol. The van der Waals surface area contributed by atoms with Gasteiger partial charge in [0.25, 0.3) is 0 Å². The van der Waals surface area contributed by atoms with E-state index in [-0.39, 0.29) is 18.6 Å². The largest absolute Gasteiger partial charge is 0.508 e. The molecule has 4 amide bonds. The van der Waals surface area contributed by atoms with E-state index in [0.717, 1.165) is 0 Å². The number of imidazole rings is 1. The number of nitrogens with two attached hydrogens (primary N) is 2. The number of phenols is 1. The quantitative estimate of drug-likeness (QED) is 0.138. The van der Waals surface area contributed by atoms with Crippen LogP contribution in [0.2, 0.25) is 0 Å². The number of nitrogens with one attached hydrogen (secondary N) is 4. The van der Waals surface area contributed by atoms with Gasteiger partial charge in [0.1, 0.15) is 23.9 Å². The molecule has 14 nitrogen and oxygen atoms in total. The highest BCUT2D eigenvalue weighted by Crippen LogP contribution is 2.11. The standard InChI is InChI=1S/C24H33N7O7/c1-12(2)20(23(36)30-18(24(37)38)8-14-10-27-11-28-14)31-22(35)17(9-19(26)33)29-21(34)16(25)7-13-3-5-15(32)6-4-13/h3-6,10-12,16-18,20,32H,7-9,25H2,1-2H3,(H2,26,33)(H,27,28)(H,29,34)(H,30,36)(H,31,35)(H,37,38). The lowest BCUT2D eigenvalue weighted by atomic mass is 10.0. The third-order valence-corrected chi connectivity index (χ3v) is 5.61. The number of hydrogen-bond donors (Lipinski definition) is 8. The maximum atomic E-state index is 13.0. The first-order valence-corrected chi connectivity index (χ1v) is 11.8. The molecule has 1 heterocycles. The summed E-state index contributed by atoms with van der Waals surface area (Å²) in [5.41, 5.74) is 12.3. The number of benzene rings is 1. The van der Waals surface area contributed by atoms with Crippen LogP contribution in [-0.4, -0.2) is 73.9 Å². The van der Waals surface area contributed by atoms with Gasteiger partial charge in [0.2, 0.25) is 23.6 Å². The molecule has 0 aliphatic carbocycles. The highest BCUT2D eigenvalue weighted by Gasteiger charge is 2.32. The summed E-state index contributed by atoms with van der Waals surface area (Å²) in [4.78, 5) is 68.5. The predicted molar refractivity (Wildman–Crippen MR) is 134 cm³/mol. The van der Waals surface area contributed by atoms with Gasteiger partial charge < -0.3 is 42.6 Å². The number of nitrogens with zero attached hydrogens (tertiary/aromatic N) is 1. The van der Waals surface area contributed by atoms with Crippen molar-refractivity contribution in [1.29, 1.82) is 0 Å². The number of aromatic nitrogens is 2. The van der Waals surface area contributed by atoms with E-state index in [1.807, 2.05) is 0 Å². The Morgan fingerprint density at radius 2 is 1.58 bits per heavy atom. The molecule has 2 rings (SSSR count). The topological polar surface area (TPSA) is 243 Å². The van der Waals surface area contributed by atoms with Crippen LogP contribution in [0.15, 0.2) is 36.8 Å². The number of rotatable bonds is 14. The summed E-state index contributed by atoms with van der Waals surface area (Å²) >= 11 is 0. The Balaban J connectivity index is 2.09. The van der Waals surface area contributed by atoms with E-state index < -0.39 is 66.1 Å². The Morgan fingerprint density at radius 3 is 2.11 bits per heavy atom. The van der Waals surface area contributed by atoms with Crippen LogP contribution < -0.4 is 27.4 Å². The first-order valence-electron chi connectivity index (χ1n) is 11.8. The Bertz CT molecular complexity index is 1120.